The van der Waals surface area contributed by atoms with Crippen LogP contribution in [0.2, 0.25) is 0 Å². The van der Waals surface area contributed by atoms with Gasteiger partial charge in [0.05, 0.1) is 24.8 Å². The number of hydrogen-bond donors (Lipinski definition) is 1. The summed E-state index contributed by atoms with van der Waals surface area (Å²) < 4.78 is 11.0. The number of carbonyl (C=O) groups is 2. The van der Waals surface area contributed by atoms with Crippen LogP contribution in [0.3, 0.4) is 0 Å². The zero-order chi connectivity index (χ0) is 24.1. The first-order valence-electron chi connectivity index (χ1n) is 11.2. The molecule has 1 aromatic heterocycles. The molecule has 1 saturated heterocycles. The molecular formula is C26H32N2O5. The number of benzene rings is 1. The van der Waals surface area contributed by atoms with Gasteiger partial charge >= 0.3 is 0 Å². The summed E-state index contributed by atoms with van der Waals surface area (Å²) in [5.74, 6) is -0.686. The van der Waals surface area contributed by atoms with Crippen LogP contribution in [0.5, 0.6) is 5.75 Å². The predicted octanol–water partition coefficient (Wildman–Crippen LogP) is 4.45. The molecule has 7 heteroatoms. The number of aliphatic hydroxyl groups is 1. The minimum Gasteiger partial charge on any atom is -0.507 e. The van der Waals surface area contributed by atoms with Crippen molar-refractivity contribution in [3.63, 3.8) is 0 Å². The molecule has 1 N–H and O–H groups in total. The van der Waals surface area contributed by atoms with Gasteiger partial charge in [-0.3, -0.25) is 14.6 Å². The van der Waals surface area contributed by atoms with Crippen LogP contribution in [-0.4, -0.2) is 53.0 Å². The van der Waals surface area contributed by atoms with Crippen LogP contribution in [0.25, 0.3) is 5.76 Å². The summed E-state index contributed by atoms with van der Waals surface area (Å²) in [5.41, 5.74) is 2.10. The monoisotopic (exact) mass is 452 g/mol. The van der Waals surface area contributed by atoms with Crippen LogP contribution in [0.1, 0.15) is 62.8 Å². The number of hydrogen-bond acceptors (Lipinski definition) is 6. The lowest BCUT2D eigenvalue weighted by Gasteiger charge is -2.25. The van der Waals surface area contributed by atoms with Crippen molar-refractivity contribution >= 4 is 17.4 Å². The Hall–Kier alpha value is -3.19. The van der Waals surface area contributed by atoms with Gasteiger partial charge in [0.25, 0.3) is 11.7 Å². The van der Waals surface area contributed by atoms with Crippen molar-refractivity contribution < 1.29 is 24.2 Å². The lowest BCUT2D eigenvalue weighted by Crippen LogP contribution is -2.31. The standard InChI is InChI=1S/C26H32N2O5/c1-16(2)20-14-18(9-10-21(20)32-5)24(29)22-23(19-8-6-11-27-15-19)28(26(31)25(22)30)12-7-13-33-17(3)4/h6,8-11,14-17,23,29H,7,12-13H2,1-5H3/b24-22-. The number of ether oxygens (including phenoxy) is 2. The molecule has 2 aromatic rings. The van der Waals surface area contributed by atoms with Crippen LogP contribution < -0.4 is 4.74 Å². The van der Waals surface area contributed by atoms with Gasteiger partial charge in [0.2, 0.25) is 0 Å². The molecule has 3 rings (SSSR count). The van der Waals surface area contributed by atoms with Gasteiger partial charge in [0.15, 0.2) is 0 Å². The Morgan fingerprint density at radius 1 is 1.18 bits per heavy atom. The Balaban J connectivity index is 2.06. The fraction of sp³-hybridized carbons (Fsp3) is 0.423. The summed E-state index contributed by atoms with van der Waals surface area (Å²) in [5, 5.41) is 11.3. The minimum atomic E-state index is -0.720. The number of ketones is 1. The van der Waals surface area contributed by atoms with E-state index in [4.69, 9.17) is 9.47 Å². The Morgan fingerprint density at radius 3 is 2.55 bits per heavy atom. The number of carbonyl (C=O) groups excluding carboxylic acids is 2. The number of aliphatic hydroxyl groups excluding tert-OH is 1. The highest BCUT2D eigenvalue weighted by Crippen LogP contribution is 2.40. The van der Waals surface area contributed by atoms with Gasteiger partial charge in [-0.15, -0.1) is 0 Å². The number of rotatable bonds is 9. The van der Waals surface area contributed by atoms with Crippen molar-refractivity contribution in [3.8, 4) is 5.75 Å². The number of amides is 1. The van der Waals surface area contributed by atoms with E-state index in [1.807, 2.05) is 39.8 Å². The molecule has 176 valence electrons. The predicted molar refractivity (Wildman–Crippen MR) is 126 cm³/mol. The first kappa shape index (κ1) is 24.5. The largest absolute Gasteiger partial charge is 0.507 e. The summed E-state index contributed by atoms with van der Waals surface area (Å²) in [6, 6.07) is 8.11. The molecule has 1 aliphatic heterocycles. The number of aromatic nitrogens is 1. The molecule has 1 unspecified atom stereocenters. The van der Waals surface area contributed by atoms with E-state index in [2.05, 4.69) is 4.98 Å². The second-order valence-electron chi connectivity index (χ2n) is 8.66. The summed E-state index contributed by atoms with van der Waals surface area (Å²) >= 11 is 0. The Kier molecular flexibility index (Phi) is 7.87. The third-order valence-electron chi connectivity index (χ3n) is 5.66. The van der Waals surface area contributed by atoms with Gasteiger partial charge in [-0.25, -0.2) is 0 Å². The molecule has 0 radical (unpaired) electrons. The first-order chi connectivity index (χ1) is 15.8. The number of nitrogens with zero attached hydrogens (tertiary/aromatic N) is 2. The third-order valence-corrected chi connectivity index (χ3v) is 5.66. The summed E-state index contributed by atoms with van der Waals surface area (Å²) in [7, 11) is 1.59. The van der Waals surface area contributed by atoms with E-state index in [9.17, 15) is 14.7 Å². The SMILES string of the molecule is COc1ccc(/C(O)=C2/C(=O)C(=O)N(CCCOC(C)C)C2c2cccnc2)cc1C(C)C. The first-order valence-corrected chi connectivity index (χ1v) is 11.2. The van der Waals surface area contributed by atoms with E-state index in [0.717, 1.165) is 5.56 Å². The average molecular weight is 453 g/mol. The fourth-order valence-electron chi connectivity index (χ4n) is 4.04. The van der Waals surface area contributed by atoms with Gasteiger partial charge in [-0.1, -0.05) is 19.9 Å². The van der Waals surface area contributed by atoms with Gasteiger partial charge in [-0.05, 0) is 61.6 Å². The Morgan fingerprint density at radius 2 is 1.94 bits per heavy atom. The lowest BCUT2D eigenvalue weighted by molar-refractivity contribution is -0.140. The normalized spacial score (nSPS) is 17.9. The molecule has 1 aliphatic rings. The van der Waals surface area contributed by atoms with Crippen LogP contribution in [0.15, 0.2) is 48.3 Å². The number of likely N-dealkylation sites (tertiary alicyclic amines) is 1. The second-order valence-corrected chi connectivity index (χ2v) is 8.66. The molecule has 1 atom stereocenters. The Bertz CT molecular complexity index is 1030. The molecule has 1 amide bonds. The maximum Gasteiger partial charge on any atom is 0.295 e. The van der Waals surface area contributed by atoms with Gasteiger partial charge in [0, 0.05) is 31.1 Å². The van der Waals surface area contributed by atoms with Crippen molar-refractivity contribution in [3.05, 3.63) is 65.0 Å². The quantitative estimate of drug-likeness (QED) is 0.262. The van der Waals surface area contributed by atoms with E-state index >= 15 is 0 Å². The van der Waals surface area contributed by atoms with E-state index < -0.39 is 17.7 Å². The fourth-order valence-corrected chi connectivity index (χ4v) is 4.04. The van der Waals surface area contributed by atoms with E-state index in [-0.39, 0.29) is 23.4 Å². The molecule has 0 bridgehead atoms. The summed E-state index contributed by atoms with van der Waals surface area (Å²) in [6.07, 6.45) is 3.90. The highest BCUT2D eigenvalue weighted by molar-refractivity contribution is 6.46. The van der Waals surface area contributed by atoms with Gasteiger partial charge in [-0.2, -0.15) is 0 Å². The van der Waals surface area contributed by atoms with Crippen molar-refractivity contribution in [2.24, 2.45) is 0 Å². The highest BCUT2D eigenvalue weighted by Gasteiger charge is 2.46. The van der Waals surface area contributed by atoms with Crippen molar-refractivity contribution in [1.29, 1.82) is 0 Å². The smallest absolute Gasteiger partial charge is 0.295 e. The lowest BCUT2D eigenvalue weighted by atomic mass is 9.93. The molecule has 2 heterocycles. The average Bonchev–Trinajstić information content (AvgIpc) is 3.06. The minimum absolute atomic E-state index is 0.0673. The van der Waals surface area contributed by atoms with Crippen molar-refractivity contribution in [2.45, 2.75) is 52.2 Å². The van der Waals surface area contributed by atoms with Crippen LogP contribution >= 0.6 is 0 Å². The topological polar surface area (TPSA) is 89.0 Å². The molecule has 0 spiro atoms. The summed E-state index contributed by atoms with van der Waals surface area (Å²) in [4.78, 5) is 31.8. The highest BCUT2D eigenvalue weighted by atomic mass is 16.5. The molecule has 7 nitrogen and oxygen atoms in total. The third kappa shape index (κ3) is 5.25. The Labute approximate surface area is 195 Å². The zero-order valence-corrected chi connectivity index (χ0v) is 19.9. The number of methoxy groups -OCH3 is 1. The second kappa shape index (κ2) is 10.6. The maximum absolute atomic E-state index is 13.1. The van der Waals surface area contributed by atoms with Gasteiger partial charge in [0.1, 0.15) is 11.5 Å². The zero-order valence-electron chi connectivity index (χ0n) is 19.9. The molecular weight excluding hydrogens is 420 g/mol. The maximum atomic E-state index is 13.1. The molecule has 0 saturated carbocycles. The van der Waals surface area contributed by atoms with E-state index in [1.165, 1.54) is 4.90 Å². The molecule has 1 aromatic carbocycles. The van der Waals surface area contributed by atoms with E-state index in [1.54, 1.807) is 37.7 Å². The summed E-state index contributed by atoms with van der Waals surface area (Å²) in [6.45, 7) is 8.74. The van der Waals surface area contributed by atoms with Crippen LogP contribution in [-0.2, 0) is 14.3 Å². The van der Waals surface area contributed by atoms with Gasteiger partial charge < -0.3 is 19.5 Å². The van der Waals surface area contributed by atoms with Crippen molar-refractivity contribution in [1.82, 2.24) is 9.88 Å². The number of Topliss-reactive ketones (excluding diaryl/α,β-unsaturated/α-hetero) is 1. The van der Waals surface area contributed by atoms with Crippen LogP contribution in [0.4, 0.5) is 0 Å². The number of pyridine rings is 1. The molecule has 0 aliphatic carbocycles. The van der Waals surface area contributed by atoms with Crippen molar-refractivity contribution in [2.75, 3.05) is 20.3 Å². The van der Waals surface area contributed by atoms with E-state index in [0.29, 0.717) is 36.4 Å². The molecule has 1 fully saturated rings. The molecule has 33 heavy (non-hydrogen) atoms. The van der Waals surface area contributed by atoms with Crippen LogP contribution in [0, 0.1) is 0 Å².